The molecule has 0 saturated heterocycles. The summed E-state index contributed by atoms with van der Waals surface area (Å²) in [5, 5.41) is 11.7. The zero-order valence-electron chi connectivity index (χ0n) is 14.3. The van der Waals surface area contributed by atoms with Crippen LogP contribution in [0.15, 0.2) is 64.2 Å². The first-order valence-corrected chi connectivity index (χ1v) is 9.40. The van der Waals surface area contributed by atoms with Gasteiger partial charge in [0.05, 0.1) is 11.3 Å². The highest BCUT2D eigenvalue weighted by Crippen LogP contribution is 2.27. The molecular formula is C19H18ClN3O2S. The van der Waals surface area contributed by atoms with Crippen LogP contribution in [-0.4, -0.2) is 21.4 Å². The molecular weight excluding hydrogens is 370 g/mol. The molecule has 0 aliphatic carbocycles. The largest absolute Gasteiger partial charge is 0.411 e. The van der Waals surface area contributed by atoms with Crippen LogP contribution < -0.4 is 5.32 Å². The van der Waals surface area contributed by atoms with E-state index in [1.54, 1.807) is 12.1 Å². The second kappa shape index (κ2) is 8.38. The van der Waals surface area contributed by atoms with Crippen molar-refractivity contribution < 1.29 is 9.21 Å². The molecule has 1 amide bonds. The first kappa shape index (κ1) is 18.5. The van der Waals surface area contributed by atoms with E-state index in [1.807, 2.05) is 56.3 Å². The summed E-state index contributed by atoms with van der Waals surface area (Å²) in [6, 6.07) is 16.9. The first-order valence-electron chi connectivity index (χ1n) is 8.14. The average molecular weight is 388 g/mol. The van der Waals surface area contributed by atoms with E-state index in [-0.39, 0.29) is 17.2 Å². The molecule has 3 rings (SSSR count). The van der Waals surface area contributed by atoms with Crippen molar-refractivity contribution in [3.63, 3.8) is 0 Å². The maximum absolute atomic E-state index is 12.4. The lowest BCUT2D eigenvalue weighted by Gasteiger charge is -2.16. The van der Waals surface area contributed by atoms with Gasteiger partial charge in [0.15, 0.2) is 0 Å². The molecule has 0 spiro atoms. The van der Waals surface area contributed by atoms with Gasteiger partial charge in [0, 0.05) is 10.6 Å². The molecule has 0 saturated carbocycles. The molecule has 26 heavy (non-hydrogen) atoms. The number of carbonyl (C=O) groups excluding carboxylic acids is 1. The Morgan fingerprint density at radius 1 is 1.08 bits per heavy atom. The fourth-order valence-electron chi connectivity index (χ4n) is 2.33. The van der Waals surface area contributed by atoms with Crippen LogP contribution in [0.2, 0.25) is 5.02 Å². The van der Waals surface area contributed by atoms with Gasteiger partial charge >= 0.3 is 0 Å². The normalized spacial score (nSPS) is 13.2. The van der Waals surface area contributed by atoms with E-state index in [2.05, 4.69) is 15.5 Å². The van der Waals surface area contributed by atoms with Gasteiger partial charge in [-0.3, -0.25) is 4.79 Å². The van der Waals surface area contributed by atoms with Gasteiger partial charge in [-0.05, 0) is 43.7 Å². The van der Waals surface area contributed by atoms with Gasteiger partial charge in [0.1, 0.15) is 0 Å². The van der Waals surface area contributed by atoms with Crippen LogP contribution in [-0.2, 0) is 4.79 Å². The third kappa shape index (κ3) is 4.65. The smallest absolute Gasteiger partial charge is 0.277 e. The summed E-state index contributed by atoms with van der Waals surface area (Å²) in [5.74, 6) is 0.312. The Hall–Kier alpha value is -2.31. The van der Waals surface area contributed by atoms with Crippen molar-refractivity contribution in [3.05, 3.63) is 65.2 Å². The van der Waals surface area contributed by atoms with Gasteiger partial charge in [-0.25, -0.2) is 0 Å². The minimum absolute atomic E-state index is 0.0703. The number of thioether (sulfide) groups is 1. The summed E-state index contributed by atoms with van der Waals surface area (Å²) in [6.45, 7) is 3.76. The minimum Gasteiger partial charge on any atom is -0.411 e. The summed E-state index contributed by atoms with van der Waals surface area (Å²) < 4.78 is 5.64. The van der Waals surface area contributed by atoms with Crippen molar-refractivity contribution >= 4 is 29.3 Å². The molecule has 0 bridgehead atoms. The zero-order valence-corrected chi connectivity index (χ0v) is 15.9. The van der Waals surface area contributed by atoms with Gasteiger partial charge < -0.3 is 9.73 Å². The highest BCUT2D eigenvalue weighted by molar-refractivity contribution is 8.00. The molecule has 0 radical (unpaired) electrons. The second-order valence-electron chi connectivity index (χ2n) is 5.78. The molecule has 3 aromatic rings. The summed E-state index contributed by atoms with van der Waals surface area (Å²) in [7, 11) is 0. The van der Waals surface area contributed by atoms with Gasteiger partial charge in [-0.15, -0.1) is 10.2 Å². The number of halogens is 1. The molecule has 0 fully saturated rings. The molecule has 1 aromatic heterocycles. The summed E-state index contributed by atoms with van der Waals surface area (Å²) in [5.41, 5.74) is 1.84. The molecule has 1 N–H and O–H groups in total. The molecule has 0 aliphatic heterocycles. The Labute approximate surface area is 161 Å². The number of amides is 1. The fourth-order valence-corrected chi connectivity index (χ4v) is 3.15. The highest BCUT2D eigenvalue weighted by atomic mass is 35.5. The van der Waals surface area contributed by atoms with E-state index >= 15 is 0 Å². The average Bonchev–Trinajstić information content (AvgIpc) is 3.11. The maximum Gasteiger partial charge on any atom is 0.277 e. The molecule has 134 valence electrons. The minimum atomic E-state index is -0.361. The van der Waals surface area contributed by atoms with Crippen LogP contribution in [0.25, 0.3) is 11.5 Å². The number of nitrogens with zero attached hydrogens (tertiary/aromatic N) is 2. The Balaban J connectivity index is 1.60. The Bertz CT molecular complexity index is 868. The quantitative estimate of drug-likeness (QED) is 0.618. The Morgan fingerprint density at radius 2 is 1.77 bits per heavy atom. The van der Waals surface area contributed by atoms with Gasteiger partial charge in [-0.1, -0.05) is 53.7 Å². The SMILES string of the molecule is CC(Sc1nnc(-c2ccc(Cl)cc2)o1)C(=O)NC(C)c1ccccc1. The summed E-state index contributed by atoms with van der Waals surface area (Å²) in [4.78, 5) is 12.4. The molecule has 2 unspecified atom stereocenters. The van der Waals surface area contributed by atoms with Crippen LogP contribution in [0.5, 0.6) is 0 Å². The van der Waals surface area contributed by atoms with Crippen LogP contribution in [0.4, 0.5) is 0 Å². The Kier molecular flexibility index (Phi) is 5.96. The highest BCUT2D eigenvalue weighted by Gasteiger charge is 2.20. The molecule has 7 heteroatoms. The number of rotatable bonds is 6. The number of hydrogen-bond donors (Lipinski definition) is 1. The molecule has 2 aromatic carbocycles. The second-order valence-corrected chi connectivity index (χ2v) is 7.51. The van der Waals surface area contributed by atoms with Gasteiger partial charge in [0.25, 0.3) is 5.22 Å². The zero-order chi connectivity index (χ0) is 18.5. The first-order chi connectivity index (χ1) is 12.5. The van der Waals surface area contributed by atoms with Crippen LogP contribution in [0.1, 0.15) is 25.5 Å². The Morgan fingerprint density at radius 3 is 2.46 bits per heavy atom. The predicted octanol–water partition coefficient (Wildman–Crippen LogP) is 4.75. The van der Waals surface area contributed by atoms with Crippen molar-refractivity contribution in [1.29, 1.82) is 0 Å². The summed E-state index contributed by atoms with van der Waals surface area (Å²) >= 11 is 7.11. The van der Waals surface area contributed by atoms with E-state index in [1.165, 1.54) is 11.8 Å². The number of nitrogens with one attached hydrogen (secondary N) is 1. The van der Waals surface area contributed by atoms with Gasteiger partial charge in [0.2, 0.25) is 11.8 Å². The monoisotopic (exact) mass is 387 g/mol. The standard InChI is InChI=1S/C19H18ClN3O2S/c1-12(14-6-4-3-5-7-14)21-17(24)13(2)26-19-23-22-18(25-19)15-8-10-16(20)11-9-15/h3-13H,1-2H3,(H,21,24). The van der Waals surface area contributed by atoms with E-state index in [0.717, 1.165) is 11.1 Å². The van der Waals surface area contributed by atoms with E-state index < -0.39 is 0 Å². The predicted molar refractivity (Wildman–Crippen MR) is 103 cm³/mol. The van der Waals surface area contributed by atoms with Crippen LogP contribution >= 0.6 is 23.4 Å². The number of carbonyl (C=O) groups is 1. The van der Waals surface area contributed by atoms with Crippen molar-refractivity contribution in [3.8, 4) is 11.5 Å². The number of benzene rings is 2. The topological polar surface area (TPSA) is 68.0 Å². The molecule has 5 nitrogen and oxygen atoms in total. The molecule has 0 aliphatic rings. The summed E-state index contributed by atoms with van der Waals surface area (Å²) in [6.07, 6.45) is 0. The van der Waals surface area contributed by atoms with E-state index in [4.69, 9.17) is 16.0 Å². The molecule has 1 heterocycles. The maximum atomic E-state index is 12.4. The number of aromatic nitrogens is 2. The number of hydrogen-bond acceptors (Lipinski definition) is 5. The lowest BCUT2D eigenvalue weighted by atomic mass is 10.1. The van der Waals surface area contributed by atoms with Crippen molar-refractivity contribution in [2.24, 2.45) is 0 Å². The fraction of sp³-hybridized carbons (Fsp3) is 0.211. The molecule has 2 atom stereocenters. The van der Waals surface area contributed by atoms with E-state index in [9.17, 15) is 4.79 Å². The van der Waals surface area contributed by atoms with Crippen molar-refractivity contribution in [2.75, 3.05) is 0 Å². The van der Waals surface area contributed by atoms with Crippen molar-refractivity contribution in [2.45, 2.75) is 30.4 Å². The van der Waals surface area contributed by atoms with E-state index in [0.29, 0.717) is 16.1 Å². The lowest BCUT2D eigenvalue weighted by molar-refractivity contribution is -0.120. The van der Waals surface area contributed by atoms with Crippen molar-refractivity contribution in [1.82, 2.24) is 15.5 Å². The van der Waals surface area contributed by atoms with Gasteiger partial charge in [-0.2, -0.15) is 0 Å². The third-order valence-corrected chi connectivity index (χ3v) is 4.99. The van der Waals surface area contributed by atoms with Crippen LogP contribution in [0, 0.1) is 0 Å². The van der Waals surface area contributed by atoms with Crippen LogP contribution in [0.3, 0.4) is 0 Å². The lowest BCUT2D eigenvalue weighted by Crippen LogP contribution is -2.33. The third-order valence-electron chi connectivity index (χ3n) is 3.80.